The molecule has 1 heterocycles. The first kappa shape index (κ1) is 17.0. The summed E-state index contributed by atoms with van der Waals surface area (Å²) in [6.45, 7) is 5.04. The number of unbranched alkanes of at least 4 members (excludes halogenated alkanes) is 2. The second-order valence-electron chi connectivity index (χ2n) is 6.12. The van der Waals surface area contributed by atoms with E-state index in [0.29, 0.717) is 12.1 Å². The molecule has 4 heteroatoms. The first-order valence-electron chi connectivity index (χ1n) is 8.59. The molecule has 4 nitrogen and oxygen atoms in total. The molecule has 2 rings (SSSR count). The number of benzene rings is 1. The van der Waals surface area contributed by atoms with E-state index in [1.807, 2.05) is 24.3 Å². The van der Waals surface area contributed by atoms with Gasteiger partial charge in [0, 0.05) is 18.7 Å². The fourth-order valence-corrected chi connectivity index (χ4v) is 2.92. The normalized spacial score (nSPS) is 15.7. The first-order chi connectivity index (χ1) is 10.8. The molecule has 1 aliphatic rings. The third-order valence-electron chi connectivity index (χ3n) is 4.34. The fraction of sp³-hybridized carbons (Fsp3) is 0.611. The van der Waals surface area contributed by atoms with Gasteiger partial charge < -0.3 is 16.0 Å². The van der Waals surface area contributed by atoms with Crippen molar-refractivity contribution in [1.29, 1.82) is 0 Å². The number of carbonyl (C=O) groups is 1. The lowest BCUT2D eigenvalue weighted by Crippen LogP contribution is -2.30. The molecule has 22 heavy (non-hydrogen) atoms. The highest BCUT2D eigenvalue weighted by molar-refractivity contribution is 5.94. The van der Waals surface area contributed by atoms with Gasteiger partial charge >= 0.3 is 0 Å². The van der Waals surface area contributed by atoms with E-state index < -0.39 is 0 Å². The van der Waals surface area contributed by atoms with Gasteiger partial charge in [-0.15, -0.1) is 0 Å². The molecule has 0 atom stereocenters. The van der Waals surface area contributed by atoms with Crippen molar-refractivity contribution in [3.05, 3.63) is 35.4 Å². The van der Waals surface area contributed by atoms with Crippen LogP contribution in [0.1, 0.15) is 54.4 Å². The van der Waals surface area contributed by atoms with E-state index in [2.05, 4.69) is 10.2 Å². The van der Waals surface area contributed by atoms with Crippen LogP contribution in [0.5, 0.6) is 0 Å². The van der Waals surface area contributed by atoms with Gasteiger partial charge in [-0.1, -0.05) is 25.0 Å². The molecule has 1 aromatic rings. The van der Waals surface area contributed by atoms with Crippen LogP contribution in [0.15, 0.2) is 24.3 Å². The Bertz CT molecular complexity index is 438. The van der Waals surface area contributed by atoms with E-state index in [9.17, 15) is 4.79 Å². The number of nitrogens with one attached hydrogen (secondary N) is 1. The minimum absolute atomic E-state index is 0.0135. The van der Waals surface area contributed by atoms with Gasteiger partial charge in [0.25, 0.3) is 5.91 Å². The summed E-state index contributed by atoms with van der Waals surface area (Å²) in [5.74, 6) is 0.0135. The van der Waals surface area contributed by atoms with Gasteiger partial charge in [0.15, 0.2) is 0 Å². The Balaban J connectivity index is 1.54. The lowest BCUT2D eigenvalue weighted by atomic mass is 10.1. The van der Waals surface area contributed by atoms with Crippen LogP contribution in [0.3, 0.4) is 0 Å². The van der Waals surface area contributed by atoms with E-state index >= 15 is 0 Å². The highest BCUT2D eigenvalue weighted by atomic mass is 16.1. The van der Waals surface area contributed by atoms with Gasteiger partial charge in [-0.2, -0.15) is 0 Å². The maximum atomic E-state index is 12.0. The predicted molar refractivity (Wildman–Crippen MR) is 90.8 cm³/mol. The summed E-state index contributed by atoms with van der Waals surface area (Å²) in [6, 6.07) is 7.50. The summed E-state index contributed by atoms with van der Waals surface area (Å²) in [6.07, 6.45) is 7.59. The largest absolute Gasteiger partial charge is 0.352 e. The summed E-state index contributed by atoms with van der Waals surface area (Å²) in [5.41, 5.74) is 7.32. The SMILES string of the molecule is NCc1ccc(C(=O)NCCCCCN2CCCCC2)cc1. The Kier molecular flexibility index (Phi) is 7.40. The highest BCUT2D eigenvalue weighted by Crippen LogP contribution is 2.10. The molecule has 0 aliphatic carbocycles. The second-order valence-corrected chi connectivity index (χ2v) is 6.12. The molecule has 0 spiro atoms. The average molecular weight is 303 g/mol. The number of likely N-dealkylation sites (tertiary alicyclic amines) is 1. The maximum absolute atomic E-state index is 12.0. The molecule has 0 unspecified atom stereocenters. The van der Waals surface area contributed by atoms with Crippen molar-refractivity contribution < 1.29 is 4.79 Å². The first-order valence-corrected chi connectivity index (χ1v) is 8.59. The molecule has 1 fully saturated rings. The monoisotopic (exact) mass is 303 g/mol. The van der Waals surface area contributed by atoms with Gasteiger partial charge in [0.05, 0.1) is 0 Å². The summed E-state index contributed by atoms with van der Waals surface area (Å²) in [4.78, 5) is 14.5. The summed E-state index contributed by atoms with van der Waals surface area (Å²) >= 11 is 0. The van der Waals surface area contributed by atoms with Crippen LogP contribution < -0.4 is 11.1 Å². The maximum Gasteiger partial charge on any atom is 0.251 e. The number of amides is 1. The minimum atomic E-state index is 0.0135. The molecule has 0 saturated carbocycles. The zero-order chi connectivity index (χ0) is 15.6. The third kappa shape index (κ3) is 5.78. The molecule has 0 aromatic heterocycles. The molecule has 1 aliphatic heterocycles. The van der Waals surface area contributed by atoms with Gasteiger partial charge in [-0.3, -0.25) is 4.79 Å². The third-order valence-corrected chi connectivity index (χ3v) is 4.34. The van der Waals surface area contributed by atoms with E-state index in [0.717, 1.165) is 18.5 Å². The topological polar surface area (TPSA) is 58.4 Å². The van der Waals surface area contributed by atoms with Crippen molar-refractivity contribution >= 4 is 5.91 Å². The van der Waals surface area contributed by atoms with Crippen LogP contribution in [0.2, 0.25) is 0 Å². The molecule has 0 radical (unpaired) electrons. The van der Waals surface area contributed by atoms with E-state index in [1.54, 1.807) is 0 Å². The number of nitrogens with zero attached hydrogens (tertiary/aromatic N) is 1. The van der Waals surface area contributed by atoms with Crippen LogP contribution in [0, 0.1) is 0 Å². The Labute approximate surface area is 134 Å². The van der Waals surface area contributed by atoms with Crippen LogP contribution in [-0.2, 0) is 6.54 Å². The van der Waals surface area contributed by atoms with Crippen LogP contribution in [0.25, 0.3) is 0 Å². The van der Waals surface area contributed by atoms with E-state index in [-0.39, 0.29) is 5.91 Å². The summed E-state index contributed by atoms with van der Waals surface area (Å²) < 4.78 is 0. The Hall–Kier alpha value is -1.39. The predicted octanol–water partition coefficient (Wildman–Crippen LogP) is 2.53. The highest BCUT2D eigenvalue weighted by Gasteiger charge is 2.09. The van der Waals surface area contributed by atoms with Crippen molar-refractivity contribution in [2.45, 2.75) is 45.1 Å². The van der Waals surface area contributed by atoms with Crippen molar-refractivity contribution in [2.24, 2.45) is 5.73 Å². The van der Waals surface area contributed by atoms with Gasteiger partial charge in [-0.05, 0) is 63.0 Å². The van der Waals surface area contributed by atoms with E-state index in [1.165, 1.54) is 51.7 Å². The molecule has 1 saturated heterocycles. The van der Waals surface area contributed by atoms with Crippen molar-refractivity contribution in [3.8, 4) is 0 Å². The Morgan fingerprint density at radius 1 is 1.05 bits per heavy atom. The molecule has 122 valence electrons. The zero-order valence-electron chi connectivity index (χ0n) is 13.5. The standard InChI is InChI=1S/C18H29N3O/c19-15-16-7-9-17(10-8-16)18(22)20-11-3-1-4-12-21-13-5-2-6-14-21/h7-10H,1-6,11-15,19H2,(H,20,22). The van der Waals surface area contributed by atoms with Crippen molar-refractivity contribution in [2.75, 3.05) is 26.2 Å². The second kappa shape index (κ2) is 9.59. The molecular formula is C18H29N3O. The zero-order valence-corrected chi connectivity index (χ0v) is 13.5. The number of carbonyl (C=O) groups excluding carboxylic acids is 1. The van der Waals surface area contributed by atoms with Crippen LogP contribution in [-0.4, -0.2) is 37.0 Å². The smallest absolute Gasteiger partial charge is 0.251 e. The van der Waals surface area contributed by atoms with Gasteiger partial charge in [0.2, 0.25) is 0 Å². The Morgan fingerprint density at radius 2 is 1.77 bits per heavy atom. The lowest BCUT2D eigenvalue weighted by Gasteiger charge is -2.26. The number of hydrogen-bond acceptors (Lipinski definition) is 3. The summed E-state index contributed by atoms with van der Waals surface area (Å²) in [5, 5.41) is 2.99. The fourth-order valence-electron chi connectivity index (χ4n) is 2.92. The summed E-state index contributed by atoms with van der Waals surface area (Å²) in [7, 11) is 0. The Morgan fingerprint density at radius 3 is 2.45 bits per heavy atom. The molecular weight excluding hydrogens is 274 g/mol. The minimum Gasteiger partial charge on any atom is -0.352 e. The van der Waals surface area contributed by atoms with Gasteiger partial charge in [-0.25, -0.2) is 0 Å². The van der Waals surface area contributed by atoms with Crippen LogP contribution in [0.4, 0.5) is 0 Å². The number of nitrogens with two attached hydrogens (primary N) is 1. The van der Waals surface area contributed by atoms with E-state index in [4.69, 9.17) is 5.73 Å². The quantitative estimate of drug-likeness (QED) is 0.726. The number of piperidine rings is 1. The van der Waals surface area contributed by atoms with Crippen molar-refractivity contribution in [1.82, 2.24) is 10.2 Å². The molecule has 1 aromatic carbocycles. The average Bonchev–Trinajstić information content (AvgIpc) is 2.58. The molecule has 3 N–H and O–H groups in total. The van der Waals surface area contributed by atoms with Crippen LogP contribution >= 0.6 is 0 Å². The lowest BCUT2D eigenvalue weighted by molar-refractivity contribution is 0.0953. The number of rotatable bonds is 8. The van der Waals surface area contributed by atoms with Crippen molar-refractivity contribution in [3.63, 3.8) is 0 Å². The molecule has 1 amide bonds. The molecule has 0 bridgehead atoms. The number of hydrogen-bond donors (Lipinski definition) is 2. The van der Waals surface area contributed by atoms with Gasteiger partial charge in [0.1, 0.15) is 0 Å².